The number of hydrogen-bond acceptors (Lipinski definition) is 8. The van der Waals surface area contributed by atoms with Crippen molar-refractivity contribution in [1.82, 2.24) is 4.90 Å². The molecule has 2 unspecified atom stereocenters. The average Bonchev–Trinajstić information content (AvgIpc) is 3.11. The van der Waals surface area contributed by atoms with Gasteiger partial charge in [0.15, 0.2) is 16.7 Å². The van der Waals surface area contributed by atoms with Crippen LogP contribution in [0.25, 0.3) is 0 Å². The normalized spacial score (nSPS) is 19.3. The van der Waals surface area contributed by atoms with Crippen molar-refractivity contribution >= 4 is 34.8 Å². The Morgan fingerprint density at radius 1 is 1.11 bits per heavy atom. The number of carbonyl (C=O) groups excluding carboxylic acids is 3. The topological polar surface area (TPSA) is 94.5 Å². The lowest BCUT2D eigenvalue weighted by atomic mass is 9.94. The Kier molecular flexibility index (Phi) is 7.25. The van der Waals surface area contributed by atoms with Gasteiger partial charge in [-0.05, 0) is 44.0 Å². The number of benzene rings is 2. The lowest BCUT2D eigenvalue weighted by Crippen LogP contribution is -2.40. The fourth-order valence-electron chi connectivity index (χ4n) is 3.98. The molecule has 35 heavy (non-hydrogen) atoms. The van der Waals surface area contributed by atoms with Gasteiger partial charge in [-0.3, -0.25) is 14.5 Å². The Morgan fingerprint density at radius 3 is 2.54 bits per heavy atom. The molecule has 0 saturated carbocycles. The number of allylic oxidation sites excluding steroid dienone is 1. The molecule has 0 spiro atoms. The number of thioether (sulfide) groups is 1. The second kappa shape index (κ2) is 10.4. The zero-order chi connectivity index (χ0) is 25.1. The molecular weight excluding hydrogens is 468 g/mol. The van der Waals surface area contributed by atoms with E-state index in [1.165, 1.54) is 23.6 Å². The third kappa shape index (κ3) is 5.09. The largest absolute Gasteiger partial charge is 0.490 e. The fourth-order valence-corrected chi connectivity index (χ4v) is 5.01. The lowest BCUT2D eigenvalue weighted by Gasteiger charge is -2.33. The molecule has 2 atom stereocenters. The molecule has 8 nitrogen and oxygen atoms in total. The van der Waals surface area contributed by atoms with E-state index >= 15 is 0 Å². The summed E-state index contributed by atoms with van der Waals surface area (Å²) in [7, 11) is 0. The van der Waals surface area contributed by atoms with Crippen molar-refractivity contribution in [2.75, 3.05) is 6.61 Å². The number of aliphatic imine (C=N–C) groups is 1. The first kappa shape index (κ1) is 24.5. The average molecular weight is 495 g/mol. The SMILES string of the molecule is CCOc1cc(C2C(C(=O)OCc3ccccc3)=C(C)N=C3SC(C)C(=O)N32)ccc1OC(C)=O. The first-order chi connectivity index (χ1) is 16.8. The molecule has 0 bridgehead atoms. The molecular formula is C26H26N2O6S. The standard InChI is InChI=1S/C26H26N2O6S/c1-5-32-21-13-19(11-12-20(21)34-17(4)29)23-22(25(31)33-14-18-9-7-6-8-10-18)15(2)27-26-28(23)24(30)16(3)35-26/h6-13,16,23H,5,14H2,1-4H3. The van der Waals surface area contributed by atoms with E-state index in [-0.39, 0.29) is 29.1 Å². The third-order valence-corrected chi connectivity index (χ3v) is 6.58. The number of esters is 2. The van der Waals surface area contributed by atoms with Gasteiger partial charge in [0.2, 0.25) is 5.91 Å². The van der Waals surface area contributed by atoms with Crippen molar-refractivity contribution in [3.8, 4) is 11.5 Å². The number of amides is 1. The highest BCUT2D eigenvalue weighted by Crippen LogP contribution is 2.45. The Bertz CT molecular complexity index is 1220. The maximum Gasteiger partial charge on any atom is 0.338 e. The quantitative estimate of drug-likeness (QED) is 0.416. The smallest absolute Gasteiger partial charge is 0.338 e. The first-order valence-electron chi connectivity index (χ1n) is 11.3. The van der Waals surface area contributed by atoms with Gasteiger partial charge in [0.25, 0.3) is 0 Å². The van der Waals surface area contributed by atoms with Gasteiger partial charge in [0.1, 0.15) is 6.61 Å². The van der Waals surface area contributed by atoms with Gasteiger partial charge in [-0.25, -0.2) is 9.79 Å². The van der Waals surface area contributed by atoms with Crippen LogP contribution in [0.5, 0.6) is 11.5 Å². The van der Waals surface area contributed by atoms with E-state index in [0.29, 0.717) is 28.8 Å². The number of carbonyl (C=O) groups is 3. The number of rotatable bonds is 7. The van der Waals surface area contributed by atoms with Crippen LogP contribution in [0.4, 0.5) is 0 Å². The molecule has 2 aliphatic heterocycles. The summed E-state index contributed by atoms with van der Waals surface area (Å²) in [5, 5.41) is 0.196. The van der Waals surface area contributed by atoms with Crippen molar-refractivity contribution < 1.29 is 28.6 Å². The molecule has 2 aliphatic rings. The van der Waals surface area contributed by atoms with Crippen LogP contribution in [0.1, 0.15) is 44.9 Å². The van der Waals surface area contributed by atoms with Crippen molar-refractivity contribution in [2.24, 2.45) is 4.99 Å². The molecule has 2 aromatic rings. The summed E-state index contributed by atoms with van der Waals surface area (Å²) in [6.45, 7) is 7.10. The maximum atomic E-state index is 13.4. The fraction of sp³-hybridized carbons (Fsp3) is 0.308. The minimum atomic E-state index is -0.763. The Balaban J connectivity index is 1.75. The molecule has 4 rings (SSSR count). The van der Waals surface area contributed by atoms with Crippen LogP contribution < -0.4 is 9.47 Å². The van der Waals surface area contributed by atoms with Gasteiger partial charge < -0.3 is 14.2 Å². The van der Waals surface area contributed by atoms with E-state index in [0.717, 1.165) is 5.56 Å². The van der Waals surface area contributed by atoms with E-state index < -0.39 is 18.0 Å². The molecule has 1 amide bonds. The molecule has 2 aromatic carbocycles. The number of amidine groups is 1. The van der Waals surface area contributed by atoms with E-state index in [2.05, 4.69) is 4.99 Å². The van der Waals surface area contributed by atoms with Gasteiger partial charge >= 0.3 is 11.9 Å². The van der Waals surface area contributed by atoms with E-state index in [4.69, 9.17) is 14.2 Å². The van der Waals surface area contributed by atoms with Gasteiger partial charge in [-0.1, -0.05) is 48.2 Å². The van der Waals surface area contributed by atoms with Gasteiger partial charge in [0, 0.05) is 6.92 Å². The van der Waals surface area contributed by atoms with E-state index in [1.807, 2.05) is 44.2 Å². The highest BCUT2D eigenvalue weighted by atomic mass is 32.2. The number of hydrogen-bond donors (Lipinski definition) is 0. The van der Waals surface area contributed by atoms with Crippen LogP contribution in [-0.2, 0) is 25.7 Å². The van der Waals surface area contributed by atoms with Gasteiger partial charge in [-0.15, -0.1) is 0 Å². The summed E-state index contributed by atoms with van der Waals surface area (Å²) in [5.41, 5.74) is 2.22. The summed E-state index contributed by atoms with van der Waals surface area (Å²) in [4.78, 5) is 44.2. The molecule has 0 N–H and O–H groups in total. The van der Waals surface area contributed by atoms with Crippen molar-refractivity contribution in [2.45, 2.75) is 45.6 Å². The predicted octanol–water partition coefficient (Wildman–Crippen LogP) is 4.40. The monoisotopic (exact) mass is 494 g/mol. The highest BCUT2D eigenvalue weighted by molar-refractivity contribution is 8.15. The van der Waals surface area contributed by atoms with Crippen LogP contribution in [0.15, 0.2) is 64.8 Å². The third-order valence-electron chi connectivity index (χ3n) is 5.53. The molecule has 2 heterocycles. The molecule has 0 aromatic heterocycles. The number of nitrogens with zero attached hydrogens (tertiary/aromatic N) is 2. The summed E-state index contributed by atoms with van der Waals surface area (Å²) in [6.07, 6.45) is 0. The molecule has 0 aliphatic carbocycles. The second-order valence-electron chi connectivity index (χ2n) is 8.06. The minimum absolute atomic E-state index is 0.0917. The lowest BCUT2D eigenvalue weighted by molar-refractivity contribution is -0.141. The first-order valence-corrected chi connectivity index (χ1v) is 12.1. The van der Waals surface area contributed by atoms with Crippen LogP contribution in [0.3, 0.4) is 0 Å². The van der Waals surface area contributed by atoms with Gasteiger partial charge in [0.05, 0.1) is 29.2 Å². The number of fused-ring (bicyclic) bond motifs is 1. The Labute approximate surface area is 207 Å². The summed E-state index contributed by atoms with van der Waals surface area (Å²) in [5.74, 6) is -0.588. The molecule has 0 radical (unpaired) electrons. The number of ether oxygens (including phenoxy) is 3. The zero-order valence-electron chi connectivity index (χ0n) is 19.9. The van der Waals surface area contributed by atoms with E-state index in [1.54, 1.807) is 25.1 Å². The summed E-state index contributed by atoms with van der Waals surface area (Å²) < 4.78 is 16.6. The minimum Gasteiger partial charge on any atom is -0.490 e. The van der Waals surface area contributed by atoms with Crippen LogP contribution in [-0.4, -0.2) is 39.8 Å². The van der Waals surface area contributed by atoms with E-state index in [9.17, 15) is 14.4 Å². The van der Waals surface area contributed by atoms with Gasteiger partial charge in [-0.2, -0.15) is 0 Å². The van der Waals surface area contributed by atoms with Crippen LogP contribution in [0.2, 0.25) is 0 Å². The molecule has 182 valence electrons. The predicted molar refractivity (Wildman–Crippen MR) is 132 cm³/mol. The summed E-state index contributed by atoms with van der Waals surface area (Å²) >= 11 is 1.35. The summed E-state index contributed by atoms with van der Waals surface area (Å²) in [6, 6.07) is 13.6. The Morgan fingerprint density at radius 2 is 1.86 bits per heavy atom. The van der Waals surface area contributed by atoms with Crippen molar-refractivity contribution in [3.05, 3.63) is 70.9 Å². The van der Waals surface area contributed by atoms with Crippen molar-refractivity contribution in [1.29, 1.82) is 0 Å². The zero-order valence-corrected chi connectivity index (χ0v) is 20.8. The maximum absolute atomic E-state index is 13.4. The second-order valence-corrected chi connectivity index (χ2v) is 9.37. The van der Waals surface area contributed by atoms with Crippen molar-refractivity contribution in [3.63, 3.8) is 0 Å². The molecule has 1 saturated heterocycles. The molecule has 9 heteroatoms. The van der Waals surface area contributed by atoms with Crippen LogP contribution in [0, 0.1) is 0 Å². The van der Waals surface area contributed by atoms with Crippen LogP contribution >= 0.6 is 11.8 Å². The Hall–Kier alpha value is -3.59. The molecule has 1 fully saturated rings. The highest BCUT2D eigenvalue weighted by Gasteiger charge is 2.46.